The fraction of sp³-hybridized carbons (Fsp3) is 0. The first-order valence-electron chi connectivity index (χ1n) is 1.37. The molecule has 5 heavy (non-hydrogen) atoms. The third-order valence-electron chi connectivity index (χ3n) is 0.466. The average Bonchev–Trinajstić information content (AvgIpc) is 1.30. The zero-order valence-corrected chi connectivity index (χ0v) is 3.48. The molecule has 1 heterocycles. The maximum absolute atomic E-state index is 9.91. The van der Waals surface area contributed by atoms with E-state index in [1.54, 1.807) is 17.7 Å². The van der Waals surface area contributed by atoms with Gasteiger partial charge in [-0.2, -0.15) is 0 Å². The Kier molecular flexibility index (Phi) is 0.569. The summed E-state index contributed by atoms with van der Waals surface area (Å²) in [6.45, 7) is 0. The summed E-state index contributed by atoms with van der Waals surface area (Å²) in [7, 11) is -0.973. The van der Waals surface area contributed by atoms with Crippen LogP contribution in [0.2, 0.25) is 0 Å². The molecule has 1 rings (SSSR count). The van der Waals surface area contributed by atoms with Crippen LogP contribution in [0.25, 0.3) is 0 Å². The lowest BCUT2D eigenvalue weighted by Gasteiger charge is -1.89. The lowest BCUT2D eigenvalue weighted by molar-refractivity contribution is -0.150. The summed E-state index contributed by atoms with van der Waals surface area (Å²) < 4.78 is 0. The smallest absolute Gasteiger partial charge is 0.113 e. The maximum atomic E-state index is 9.91. The van der Waals surface area contributed by atoms with Crippen LogP contribution in [0.3, 0.4) is 0 Å². The summed E-state index contributed by atoms with van der Waals surface area (Å²) in [5, 5.41) is 0. The molecule has 1 atom stereocenters. The molecule has 1 aliphatic heterocycles. The van der Waals surface area contributed by atoms with Gasteiger partial charge in [0.2, 0.25) is 0 Å². The minimum absolute atomic E-state index is 0.973. The highest BCUT2D eigenvalue weighted by molar-refractivity contribution is 7.55. The Bertz CT molecular complexity index is 93.1. The Morgan fingerprint density at radius 3 is 2.00 bits per heavy atom. The third-order valence-corrected chi connectivity index (χ3v) is 1.40. The normalized spacial score (nSPS) is 24.6. The van der Waals surface area contributed by atoms with Gasteiger partial charge in [-0.25, -0.2) is 0 Å². The second-order valence-electron chi connectivity index (χ2n) is 0.850. The van der Waals surface area contributed by atoms with E-state index in [1.165, 1.54) is 0 Å². The molecule has 0 aliphatic carbocycles. The van der Waals surface area contributed by atoms with E-state index in [4.69, 9.17) is 0 Å². The van der Waals surface area contributed by atoms with Gasteiger partial charge in [0.15, 0.2) is 0 Å². The molecule has 0 saturated carbocycles. The lowest BCUT2D eigenvalue weighted by Crippen LogP contribution is -1.89. The molecule has 0 bridgehead atoms. The van der Waals surface area contributed by atoms with Crippen LogP contribution in [0.5, 0.6) is 0 Å². The average molecular weight is 86.0 g/mol. The standard InChI is InChI=1S/C3H3OP/c4-5-2-1-3-5/h1-3H. The predicted octanol–water partition coefficient (Wildman–Crippen LogP) is 0.0731. The first-order chi connectivity index (χ1) is 2.39. The van der Waals surface area contributed by atoms with Crippen molar-refractivity contribution in [2.75, 3.05) is 0 Å². The Morgan fingerprint density at radius 2 is 2.00 bits per heavy atom. The van der Waals surface area contributed by atoms with E-state index in [9.17, 15) is 4.89 Å². The Balaban J connectivity index is 2.60. The molecule has 0 aromatic heterocycles. The summed E-state index contributed by atoms with van der Waals surface area (Å²) in [4.78, 5) is 9.91. The highest BCUT2D eigenvalue weighted by Crippen LogP contribution is 2.17. The van der Waals surface area contributed by atoms with Crippen molar-refractivity contribution < 1.29 is 4.89 Å². The van der Waals surface area contributed by atoms with Crippen LogP contribution in [0, 0.1) is 0 Å². The molecule has 0 fully saturated rings. The van der Waals surface area contributed by atoms with Gasteiger partial charge in [-0.1, -0.05) is 0 Å². The van der Waals surface area contributed by atoms with E-state index in [-0.39, 0.29) is 0 Å². The second-order valence-corrected chi connectivity index (χ2v) is 2.17. The highest BCUT2D eigenvalue weighted by atomic mass is 31.1. The second kappa shape index (κ2) is 0.925. The van der Waals surface area contributed by atoms with Gasteiger partial charge in [-0.05, 0) is 0 Å². The molecule has 0 aromatic carbocycles. The van der Waals surface area contributed by atoms with Gasteiger partial charge in [-0.3, -0.25) is 0 Å². The van der Waals surface area contributed by atoms with E-state index >= 15 is 0 Å². The quantitative estimate of drug-likeness (QED) is 0.382. The Morgan fingerprint density at radius 1 is 1.60 bits per heavy atom. The van der Waals surface area contributed by atoms with Gasteiger partial charge >= 0.3 is 0 Å². The predicted molar refractivity (Wildman–Crippen MR) is 22.1 cm³/mol. The van der Waals surface area contributed by atoms with Crippen LogP contribution in [0.15, 0.2) is 11.9 Å². The monoisotopic (exact) mass is 86.0 g/mol. The molecule has 0 N–H and O–H groups in total. The zero-order chi connectivity index (χ0) is 3.70. The van der Waals surface area contributed by atoms with Gasteiger partial charge in [-0.15, -0.1) is 0 Å². The van der Waals surface area contributed by atoms with Crippen molar-refractivity contribution in [1.82, 2.24) is 0 Å². The van der Waals surface area contributed by atoms with Crippen LogP contribution >= 0.6 is 7.77 Å². The molecular formula is C3H3OP. The number of rotatable bonds is 0. The zero-order valence-electron chi connectivity index (χ0n) is 2.59. The fourth-order valence-corrected chi connectivity index (χ4v) is 0.469. The topological polar surface area (TPSA) is 23.1 Å². The molecule has 1 nitrogen and oxygen atoms in total. The van der Waals surface area contributed by atoms with E-state index in [0.29, 0.717) is 0 Å². The SMILES string of the molecule is [O-][P+]1=CC=C1. The summed E-state index contributed by atoms with van der Waals surface area (Å²) in [5.74, 6) is 3.35. The van der Waals surface area contributed by atoms with E-state index in [2.05, 4.69) is 0 Å². The van der Waals surface area contributed by atoms with Crippen LogP contribution in [0.1, 0.15) is 0 Å². The summed E-state index contributed by atoms with van der Waals surface area (Å²) >= 11 is 0. The molecule has 0 radical (unpaired) electrons. The third kappa shape index (κ3) is 0.393. The fourth-order valence-electron chi connectivity index (χ4n) is 0.156. The minimum atomic E-state index is -0.973. The first kappa shape index (κ1) is 3.08. The molecule has 2 heteroatoms. The molecule has 0 amide bonds. The Labute approximate surface area is 31.4 Å². The van der Waals surface area contributed by atoms with Crippen LogP contribution in [-0.4, -0.2) is 5.80 Å². The van der Waals surface area contributed by atoms with Crippen molar-refractivity contribution in [3.8, 4) is 0 Å². The van der Waals surface area contributed by atoms with Crippen molar-refractivity contribution in [2.45, 2.75) is 0 Å². The molecule has 0 spiro atoms. The molecule has 1 unspecified atom stereocenters. The highest BCUT2D eigenvalue weighted by Gasteiger charge is 1.91. The number of hydrogen-bond acceptors (Lipinski definition) is 1. The van der Waals surface area contributed by atoms with E-state index in [1.807, 2.05) is 0 Å². The van der Waals surface area contributed by atoms with Crippen molar-refractivity contribution in [2.24, 2.45) is 0 Å². The summed E-state index contributed by atoms with van der Waals surface area (Å²) in [6, 6.07) is 0. The van der Waals surface area contributed by atoms with Gasteiger partial charge in [0.25, 0.3) is 0 Å². The van der Waals surface area contributed by atoms with E-state index < -0.39 is 7.77 Å². The maximum Gasteiger partial charge on any atom is 0.113 e. The first-order valence-corrected chi connectivity index (χ1v) is 2.76. The lowest BCUT2D eigenvalue weighted by atomic mass is 10.8. The number of allylic oxidation sites excluding steroid dienone is 1. The summed E-state index contributed by atoms with van der Waals surface area (Å²) in [5.41, 5.74) is 0. The van der Waals surface area contributed by atoms with Gasteiger partial charge in [0.1, 0.15) is 11.6 Å². The van der Waals surface area contributed by atoms with Crippen molar-refractivity contribution in [1.29, 1.82) is 0 Å². The molecule has 0 aromatic rings. The molecule has 26 valence electrons. The van der Waals surface area contributed by atoms with E-state index in [0.717, 1.165) is 0 Å². The van der Waals surface area contributed by atoms with Crippen molar-refractivity contribution in [3.63, 3.8) is 0 Å². The summed E-state index contributed by atoms with van der Waals surface area (Å²) in [6.07, 6.45) is 1.79. The minimum Gasteiger partial charge on any atom is -0.626 e. The number of hydrogen-bond donors (Lipinski definition) is 0. The molecule has 0 saturated heterocycles. The van der Waals surface area contributed by atoms with Gasteiger partial charge in [0, 0.05) is 6.08 Å². The van der Waals surface area contributed by atoms with Crippen LogP contribution in [-0.2, 0) is 0 Å². The van der Waals surface area contributed by atoms with Gasteiger partial charge in [0.05, 0.1) is 7.77 Å². The largest absolute Gasteiger partial charge is 0.626 e. The van der Waals surface area contributed by atoms with Crippen molar-refractivity contribution in [3.05, 3.63) is 11.9 Å². The van der Waals surface area contributed by atoms with Crippen LogP contribution < -0.4 is 4.89 Å². The molecule has 1 aliphatic rings. The Hall–Kier alpha value is -0.130. The molecular weight excluding hydrogens is 83.0 g/mol. The van der Waals surface area contributed by atoms with Crippen molar-refractivity contribution >= 4 is 13.6 Å². The van der Waals surface area contributed by atoms with Crippen LogP contribution in [0.4, 0.5) is 0 Å². The van der Waals surface area contributed by atoms with Gasteiger partial charge < -0.3 is 4.89 Å².